The molecule has 0 unspecified atom stereocenters. The van der Waals surface area contributed by atoms with Crippen LogP contribution in [0, 0.1) is 0 Å². The fraction of sp³-hybridized carbons (Fsp3) is 0.750. The van der Waals surface area contributed by atoms with Gasteiger partial charge in [-0.3, -0.25) is 4.79 Å². The highest BCUT2D eigenvalue weighted by atomic mass is 16.2. The monoisotopic (exact) mass is 185 g/mol. The molecule has 0 radical (unpaired) electrons. The van der Waals surface area contributed by atoms with E-state index >= 15 is 0 Å². The van der Waals surface area contributed by atoms with Crippen molar-refractivity contribution >= 4 is 11.9 Å². The zero-order valence-corrected chi connectivity index (χ0v) is 8.18. The van der Waals surface area contributed by atoms with E-state index < -0.39 is 0 Å². The van der Waals surface area contributed by atoms with E-state index in [1.165, 1.54) is 6.92 Å². The van der Waals surface area contributed by atoms with Crippen molar-refractivity contribution in [2.75, 3.05) is 20.1 Å². The minimum absolute atomic E-state index is 0.0520. The summed E-state index contributed by atoms with van der Waals surface area (Å²) in [6.45, 7) is 4.63. The molecular formula is C8H15N3O2. The van der Waals surface area contributed by atoms with Crippen LogP contribution < -0.4 is 10.6 Å². The molecule has 5 heteroatoms. The van der Waals surface area contributed by atoms with E-state index in [-0.39, 0.29) is 17.5 Å². The number of likely N-dealkylation sites (tertiary alicyclic amines) is 1. The molecule has 2 N–H and O–H groups in total. The lowest BCUT2D eigenvalue weighted by Gasteiger charge is -2.47. The Labute approximate surface area is 77.5 Å². The van der Waals surface area contributed by atoms with Crippen molar-refractivity contribution in [3.8, 4) is 0 Å². The highest BCUT2D eigenvalue weighted by molar-refractivity contribution is 5.77. The summed E-state index contributed by atoms with van der Waals surface area (Å²) in [5.74, 6) is 0.0520. The van der Waals surface area contributed by atoms with Crippen LogP contribution in [0.25, 0.3) is 0 Å². The van der Waals surface area contributed by atoms with E-state index in [0.717, 1.165) is 0 Å². The Kier molecular flexibility index (Phi) is 2.45. The summed E-state index contributed by atoms with van der Waals surface area (Å²) in [7, 11) is 1.57. The molecule has 1 saturated heterocycles. The molecule has 5 nitrogen and oxygen atoms in total. The summed E-state index contributed by atoms with van der Waals surface area (Å²) >= 11 is 0. The third-order valence-electron chi connectivity index (χ3n) is 2.17. The van der Waals surface area contributed by atoms with E-state index in [4.69, 9.17) is 0 Å². The summed E-state index contributed by atoms with van der Waals surface area (Å²) < 4.78 is 0. The van der Waals surface area contributed by atoms with Crippen LogP contribution in [0.3, 0.4) is 0 Å². The highest BCUT2D eigenvalue weighted by Gasteiger charge is 2.40. The van der Waals surface area contributed by atoms with Crippen LogP contribution in [0.15, 0.2) is 0 Å². The minimum Gasteiger partial charge on any atom is -0.341 e. The first kappa shape index (κ1) is 9.83. The van der Waals surface area contributed by atoms with Gasteiger partial charge in [-0.15, -0.1) is 0 Å². The predicted molar refractivity (Wildman–Crippen MR) is 48.3 cm³/mol. The van der Waals surface area contributed by atoms with Crippen molar-refractivity contribution in [3.05, 3.63) is 0 Å². The molecule has 1 rings (SSSR count). The van der Waals surface area contributed by atoms with Crippen LogP contribution in [-0.2, 0) is 4.79 Å². The summed E-state index contributed by atoms with van der Waals surface area (Å²) in [5, 5.41) is 5.26. The molecule has 0 aliphatic carbocycles. The lowest BCUT2D eigenvalue weighted by atomic mass is 9.92. The number of nitrogens with one attached hydrogen (secondary N) is 2. The van der Waals surface area contributed by atoms with Gasteiger partial charge in [-0.1, -0.05) is 0 Å². The van der Waals surface area contributed by atoms with Gasteiger partial charge in [0.1, 0.15) is 0 Å². The molecule has 1 fully saturated rings. The summed E-state index contributed by atoms with van der Waals surface area (Å²) in [5.41, 5.74) is -0.258. The predicted octanol–water partition coefficient (Wildman–Crippen LogP) is -0.464. The van der Waals surface area contributed by atoms with E-state index in [1.807, 2.05) is 6.92 Å². The first-order valence-corrected chi connectivity index (χ1v) is 4.22. The van der Waals surface area contributed by atoms with E-state index in [2.05, 4.69) is 10.6 Å². The second kappa shape index (κ2) is 3.24. The molecule has 0 spiro atoms. The fourth-order valence-corrected chi connectivity index (χ4v) is 1.43. The van der Waals surface area contributed by atoms with Crippen LogP contribution in [0.5, 0.6) is 0 Å². The quantitative estimate of drug-likeness (QED) is 0.580. The fourth-order valence-electron chi connectivity index (χ4n) is 1.43. The van der Waals surface area contributed by atoms with Crippen LogP contribution in [0.2, 0.25) is 0 Å². The maximum absolute atomic E-state index is 11.0. The van der Waals surface area contributed by atoms with Gasteiger partial charge < -0.3 is 15.5 Å². The molecule has 0 aromatic heterocycles. The Balaban J connectivity index is 2.38. The van der Waals surface area contributed by atoms with Gasteiger partial charge in [0, 0.05) is 27.1 Å². The molecule has 1 aliphatic heterocycles. The summed E-state index contributed by atoms with van der Waals surface area (Å²) in [6.07, 6.45) is 0. The Morgan fingerprint density at radius 3 is 2.31 bits per heavy atom. The number of rotatable bonds is 1. The standard InChI is InChI=1S/C8H15N3O2/c1-6(12)11-4-8(2,5-11)10-7(13)9-3/h4-5H2,1-3H3,(H2,9,10,13). The first-order valence-electron chi connectivity index (χ1n) is 4.22. The average Bonchev–Trinajstić information content (AvgIpc) is 1.99. The average molecular weight is 185 g/mol. The Hall–Kier alpha value is -1.26. The van der Waals surface area contributed by atoms with Crippen molar-refractivity contribution in [2.45, 2.75) is 19.4 Å². The number of amides is 3. The zero-order chi connectivity index (χ0) is 10.1. The van der Waals surface area contributed by atoms with Gasteiger partial charge >= 0.3 is 6.03 Å². The number of hydrogen-bond donors (Lipinski definition) is 2. The maximum atomic E-state index is 11.0. The molecule has 13 heavy (non-hydrogen) atoms. The lowest BCUT2D eigenvalue weighted by Crippen LogP contribution is -2.70. The molecule has 1 heterocycles. The summed E-state index contributed by atoms with van der Waals surface area (Å²) in [4.78, 5) is 23.5. The molecule has 74 valence electrons. The van der Waals surface area contributed by atoms with Crippen molar-refractivity contribution in [1.29, 1.82) is 0 Å². The third-order valence-corrected chi connectivity index (χ3v) is 2.17. The van der Waals surface area contributed by atoms with Crippen LogP contribution >= 0.6 is 0 Å². The molecule has 0 atom stereocenters. The van der Waals surface area contributed by atoms with E-state index in [0.29, 0.717) is 13.1 Å². The van der Waals surface area contributed by atoms with Crippen LogP contribution in [-0.4, -0.2) is 42.5 Å². The number of carbonyl (C=O) groups is 2. The minimum atomic E-state index is -0.258. The SMILES string of the molecule is CNC(=O)NC1(C)CN(C(C)=O)C1. The van der Waals surface area contributed by atoms with Crippen molar-refractivity contribution < 1.29 is 9.59 Å². The van der Waals surface area contributed by atoms with Gasteiger partial charge in [0.15, 0.2) is 0 Å². The smallest absolute Gasteiger partial charge is 0.315 e. The molecule has 1 aliphatic rings. The van der Waals surface area contributed by atoms with Crippen molar-refractivity contribution in [1.82, 2.24) is 15.5 Å². The van der Waals surface area contributed by atoms with Gasteiger partial charge in [-0.25, -0.2) is 4.79 Å². The van der Waals surface area contributed by atoms with Gasteiger partial charge in [-0.2, -0.15) is 0 Å². The van der Waals surface area contributed by atoms with Gasteiger partial charge in [0.2, 0.25) is 5.91 Å². The molecule has 0 aromatic carbocycles. The molecule has 3 amide bonds. The van der Waals surface area contributed by atoms with Gasteiger partial charge in [0.05, 0.1) is 5.54 Å². The Morgan fingerprint density at radius 2 is 1.92 bits per heavy atom. The normalized spacial score (nSPS) is 18.8. The first-order chi connectivity index (χ1) is 5.97. The number of hydrogen-bond acceptors (Lipinski definition) is 2. The van der Waals surface area contributed by atoms with Crippen LogP contribution in [0.1, 0.15) is 13.8 Å². The number of nitrogens with zero attached hydrogens (tertiary/aromatic N) is 1. The highest BCUT2D eigenvalue weighted by Crippen LogP contribution is 2.19. The second-order valence-corrected chi connectivity index (χ2v) is 3.64. The van der Waals surface area contributed by atoms with E-state index in [1.54, 1.807) is 11.9 Å². The molecule has 0 saturated carbocycles. The molecule has 0 bridgehead atoms. The van der Waals surface area contributed by atoms with E-state index in [9.17, 15) is 9.59 Å². The van der Waals surface area contributed by atoms with Gasteiger partial charge in [-0.05, 0) is 6.92 Å². The second-order valence-electron chi connectivity index (χ2n) is 3.64. The van der Waals surface area contributed by atoms with Gasteiger partial charge in [0.25, 0.3) is 0 Å². The molecule has 0 aromatic rings. The number of carbonyl (C=O) groups excluding carboxylic acids is 2. The Morgan fingerprint density at radius 1 is 1.38 bits per heavy atom. The molecular weight excluding hydrogens is 170 g/mol. The zero-order valence-electron chi connectivity index (χ0n) is 8.18. The largest absolute Gasteiger partial charge is 0.341 e. The number of urea groups is 1. The Bertz CT molecular complexity index is 234. The lowest BCUT2D eigenvalue weighted by molar-refractivity contribution is -0.136. The third kappa shape index (κ3) is 2.11. The maximum Gasteiger partial charge on any atom is 0.315 e. The topological polar surface area (TPSA) is 61.4 Å². The summed E-state index contributed by atoms with van der Waals surface area (Å²) in [6, 6.07) is -0.203. The van der Waals surface area contributed by atoms with Crippen molar-refractivity contribution in [3.63, 3.8) is 0 Å². The van der Waals surface area contributed by atoms with Crippen LogP contribution in [0.4, 0.5) is 4.79 Å². The van der Waals surface area contributed by atoms with Crippen molar-refractivity contribution in [2.24, 2.45) is 0 Å².